The predicted octanol–water partition coefficient (Wildman–Crippen LogP) is 1.14. The molecule has 2 heterocycles. The molecule has 2 fully saturated rings. The Labute approximate surface area is 85.8 Å². The van der Waals surface area contributed by atoms with Crippen LogP contribution in [-0.4, -0.2) is 36.0 Å². The van der Waals surface area contributed by atoms with Crippen LogP contribution in [0.4, 0.5) is 0 Å². The second-order valence-corrected chi connectivity index (χ2v) is 4.58. The SMILES string of the molecule is CC1CCCN1C(=O)CC1CCCN1. The van der Waals surface area contributed by atoms with Crippen LogP contribution in [0.15, 0.2) is 0 Å². The minimum Gasteiger partial charge on any atom is -0.340 e. The van der Waals surface area contributed by atoms with Crippen LogP contribution in [-0.2, 0) is 4.79 Å². The van der Waals surface area contributed by atoms with Crippen LogP contribution in [0, 0.1) is 0 Å². The molecule has 80 valence electrons. The van der Waals surface area contributed by atoms with E-state index in [4.69, 9.17) is 0 Å². The summed E-state index contributed by atoms with van der Waals surface area (Å²) < 4.78 is 0. The van der Waals surface area contributed by atoms with Gasteiger partial charge in [-0.3, -0.25) is 4.79 Å². The Balaban J connectivity index is 1.82. The normalized spacial score (nSPS) is 32.5. The Morgan fingerprint density at radius 2 is 2.29 bits per heavy atom. The zero-order chi connectivity index (χ0) is 9.97. The number of hydrogen-bond donors (Lipinski definition) is 1. The van der Waals surface area contributed by atoms with Crippen LogP contribution in [0.3, 0.4) is 0 Å². The third-order valence-electron chi connectivity index (χ3n) is 3.46. The number of likely N-dealkylation sites (tertiary alicyclic amines) is 1. The Morgan fingerprint density at radius 3 is 2.86 bits per heavy atom. The van der Waals surface area contributed by atoms with Gasteiger partial charge in [-0.05, 0) is 39.2 Å². The van der Waals surface area contributed by atoms with E-state index in [9.17, 15) is 4.79 Å². The van der Waals surface area contributed by atoms with Crippen molar-refractivity contribution in [3.63, 3.8) is 0 Å². The summed E-state index contributed by atoms with van der Waals surface area (Å²) >= 11 is 0. The summed E-state index contributed by atoms with van der Waals surface area (Å²) in [6.45, 7) is 4.23. The summed E-state index contributed by atoms with van der Waals surface area (Å²) in [6.07, 6.45) is 5.49. The molecule has 2 atom stereocenters. The van der Waals surface area contributed by atoms with Crippen molar-refractivity contribution >= 4 is 5.91 Å². The van der Waals surface area contributed by atoms with Crippen LogP contribution in [0.2, 0.25) is 0 Å². The van der Waals surface area contributed by atoms with Crippen LogP contribution < -0.4 is 5.32 Å². The molecule has 3 nitrogen and oxygen atoms in total. The van der Waals surface area contributed by atoms with E-state index in [-0.39, 0.29) is 0 Å². The van der Waals surface area contributed by atoms with Crippen molar-refractivity contribution in [2.75, 3.05) is 13.1 Å². The first-order valence-corrected chi connectivity index (χ1v) is 5.80. The summed E-state index contributed by atoms with van der Waals surface area (Å²) in [5, 5.41) is 3.38. The van der Waals surface area contributed by atoms with Gasteiger partial charge in [0.05, 0.1) is 0 Å². The highest BCUT2D eigenvalue weighted by Gasteiger charge is 2.27. The lowest BCUT2D eigenvalue weighted by molar-refractivity contribution is -0.132. The lowest BCUT2D eigenvalue weighted by Crippen LogP contribution is -2.37. The standard InChI is InChI=1S/C11H20N2O/c1-9-4-3-7-13(9)11(14)8-10-5-2-6-12-10/h9-10,12H,2-8H2,1H3. The molecule has 3 heteroatoms. The van der Waals surface area contributed by atoms with E-state index in [0.29, 0.717) is 24.4 Å². The number of carbonyl (C=O) groups is 1. The highest BCUT2D eigenvalue weighted by Crippen LogP contribution is 2.19. The van der Waals surface area contributed by atoms with Gasteiger partial charge in [0, 0.05) is 25.0 Å². The Morgan fingerprint density at radius 1 is 1.43 bits per heavy atom. The number of hydrogen-bond acceptors (Lipinski definition) is 2. The average molecular weight is 196 g/mol. The molecule has 0 aromatic heterocycles. The van der Waals surface area contributed by atoms with Crippen LogP contribution in [0.25, 0.3) is 0 Å². The first kappa shape index (κ1) is 9.97. The molecular weight excluding hydrogens is 176 g/mol. The van der Waals surface area contributed by atoms with Crippen molar-refractivity contribution < 1.29 is 4.79 Å². The topological polar surface area (TPSA) is 32.3 Å². The molecule has 0 bridgehead atoms. The van der Waals surface area contributed by atoms with Gasteiger partial charge in [-0.25, -0.2) is 0 Å². The van der Waals surface area contributed by atoms with Gasteiger partial charge in [-0.15, -0.1) is 0 Å². The van der Waals surface area contributed by atoms with Crippen molar-refractivity contribution in [3.8, 4) is 0 Å². The summed E-state index contributed by atoms with van der Waals surface area (Å²) in [7, 11) is 0. The first-order valence-electron chi connectivity index (χ1n) is 5.80. The van der Waals surface area contributed by atoms with Gasteiger partial charge < -0.3 is 10.2 Å². The fourth-order valence-corrected chi connectivity index (χ4v) is 2.56. The highest BCUT2D eigenvalue weighted by molar-refractivity contribution is 5.77. The van der Waals surface area contributed by atoms with E-state index in [1.165, 1.54) is 25.7 Å². The third kappa shape index (κ3) is 2.08. The molecular formula is C11H20N2O. The molecule has 0 aromatic rings. The van der Waals surface area contributed by atoms with E-state index >= 15 is 0 Å². The Bertz CT molecular complexity index is 211. The van der Waals surface area contributed by atoms with Gasteiger partial charge >= 0.3 is 0 Å². The number of nitrogens with zero attached hydrogens (tertiary/aromatic N) is 1. The minimum absolute atomic E-state index is 0.356. The summed E-state index contributed by atoms with van der Waals surface area (Å²) in [6, 6.07) is 0.930. The van der Waals surface area contributed by atoms with Gasteiger partial charge in [-0.1, -0.05) is 0 Å². The highest BCUT2D eigenvalue weighted by atomic mass is 16.2. The summed E-state index contributed by atoms with van der Waals surface area (Å²) in [4.78, 5) is 14.0. The predicted molar refractivity (Wildman–Crippen MR) is 56.1 cm³/mol. The maximum Gasteiger partial charge on any atom is 0.224 e. The molecule has 1 N–H and O–H groups in total. The van der Waals surface area contributed by atoms with Gasteiger partial charge in [0.15, 0.2) is 0 Å². The quantitative estimate of drug-likeness (QED) is 0.718. The van der Waals surface area contributed by atoms with Crippen molar-refractivity contribution in [1.82, 2.24) is 10.2 Å². The van der Waals surface area contributed by atoms with Crippen molar-refractivity contribution in [3.05, 3.63) is 0 Å². The molecule has 0 aromatic carbocycles. The smallest absolute Gasteiger partial charge is 0.224 e. The average Bonchev–Trinajstić information content (AvgIpc) is 2.75. The summed E-state index contributed by atoms with van der Waals surface area (Å²) in [5.74, 6) is 0.356. The molecule has 0 spiro atoms. The molecule has 2 aliphatic rings. The first-order chi connectivity index (χ1) is 6.77. The van der Waals surface area contributed by atoms with Crippen molar-refractivity contribution in [1.29, 1.82) is 0 Å². The van der Waals surface area contributed by atoms with Gasteiger partial charge in [0.2, 0.25) is 5.91 Å². The Hall–Kier alpha value is -0.570. The van der Waals surface area contributed by atoms with Crippen LogP contribution in [0.5, 0.6) is 0 Å². The third-order valence-corrected chi connectivity index (χ3v) is 3.46. The molecule has 14 heavy (non-hydrogen) atoms. The zero-order valence-corrected chi connectivity index (χ0v) is 8.96. The van der Waals surface area contributed by atoms with Crippen molar-refractivity contribution in [2.45, 2.75) is 51.1 Å². The number of rotatable bonds is 2. The van der Waals surface area contributed by atoms with Gasteiger partial charge in [0.1, 0.15) is 0 Å². The van der Waals surface area contributed by atoms with E-state index in [0.717, 1.165) is 13.1 Å². The largest absolute Gasteiger partial charge is 0.340 e. The van der Waals surface area contributed by atoms with Gasteiger partial charge in [0.25, 0.3) is 0 Å². The van der Waals surface area contributed by atoms with Gasteiger partial charge in [-0.2, -0.15) is 0 Å². The molecule has 2 rings (SSSR count). The number of carbonyl (C=O) groups excluding carboxylic acids is 1. The molecule has 2 saturated heterocycles. The van der Waals surface area contributed by atoms with E-state index < -0.39 is 0 Å². The van der Waals surface area contributed by atoms with E-state index in [1.807, 2.05) is 0 Å². The number of amides is 1. The van der Waals surface area contributed by atoms with Crippen molar-refractivity contribution in [2.24, 2.45) is 0 Å². The maximum absolute atomic E-state index is 11.9. The minimum atomic E-state index is 0.356. The van der Waals surface area contributed by atoms with Crippen LogP contribution in [0.1, 0.15) is 39.0 Å². The van der Waals surface area contributed by atoms with Crippen LogP contribution >= 0.6 is 0 Å². The fraction of sp³-hybridized carbons (Fsp3) is 0.909. The number of nitrogens with one attached hydrogen (secondary N) is 1. The molecule has 1 amide bonds. The maximum atomic E-state index is 11.9. The Kier molecular flexibility index (Phi) is 3.06. The molecule has 2 aliphatic heterocycles. The van der Waals surface area contributed by atoms with E-state index in [1.54, 1.807) is 0 Å². The summed E-state index contributed by atoms with van der Waals surface area (Å²) in [5.41, 5.74) is 0. The molecule has 0 radical (unpaired) electrons. The molecule has 0 aliphatic carbocycles. The lowest BCUT2D eigenvalue weighted by atomic mass is 10.1. The second-order valence-electron chi connectivity index (χ2n) is 4.58. The molecule has 0 saturated carbocycles. The monoisotopic (exact) mass is 196 g/mol. The fourth-order valence-electron chi connectivity index (χ4n) is 2.56. The second kappa shape index (κ2) is 4.30. The lowest BCUT2D eigenvalue weighted by Gasteiger charge is -2.23. The zero-order valence-electron chi connectivity index (χ0n) is 8.96. The van der Waals surface area contributed by atoms with E-state index in [2.05, 4.69) is 17.1 Å². The molecule has 2 unspecified atom stereocenters.